The van der Waals surface area contributed by atoms with Crippen molar-refractivity contribution in [3.05, 3.63) is 105 Å². The second-order valence-electron chi connectivity index (χ2n) is 7.06. The Balaban J connectivity index is 1.48. The molecule has 0 aromatic heterocycles. The number of nitrogens with zero attached hydrogens (tertiary/aromatic N) is 2. The largest absolute Gasteiger partial charge is 0.366 e. The number of nitrogens with one attached hydrogen (secondary N) is 1. The molecule has 29 heavy (non-hydrogen) atoms. The Kier molecular flexibility index (Phi) is 5.24. The number of nitro benzene ring substituents is 1. The van der Waals surface area contributed by atoms with E-state index in [1.807, 2.05) is 30.3 Å². The molecule has 0 spiro atoms. The van der Waals surface area contributed by atoms with Crippen molar-refractivity contribution in [2.75, 3.05) is 11.4 Å². The van der Waals surface area contributed by atoms with Gasteiger partial charge >= 0.3 is 0 Å². The monoisotopic (exact) mass is 387 g/mol. The zero-order valence-electron chi connectivity index (χ0n) is 15.9. The van der Waals surface area contributed by atoms with Gasteiger partial charge in [0.15, 0.2) is 0 Å². The molecule has 3 aromatic carbocycles. The van der Waals surface area contributed by atoms with Crippen LogP contribution in [0, 0.1) is 10.1 Å². The predicted molar refractivity (Wildman–Crippen MR) is 112 cm³/mol. The third-order valence-electron chi connectivity index (χ3n) is 5.22. The van der Waals surface area contributed by atoms with Gasteiger partial charge in [0.25, 0.3) is 11.6 Å². The van der Waals surface area contributed by atoms with Crippen LogP contribution >= 0.6 is 0 Å². The van der Waals surface area contributed by atoms with Crippen molar-refractivity contribution in [2.24, 2.45) is 0 Å². The zero-order chi connectivity index (χ0) is 20.2. The fourth-order valence-electron chi connectivity index (χ4n) is 3.66. The Morgan fingerprint density at radius 1 is 0.966 bits per heavy atom. The molecule has 0 bridgehead atoms. The van der Waals surface area contributed by atoms with E-state index < -0.39 is 4.92 Å². The summed E-state index contributed by atoms with van der Waals surface area (Å²) in [5.41, 5.74) is 5.06. The summed E-state index contributed by atoms with van der Waals surface area (Å²) in [6, 6.07) is 22.2. The number of hydrogen-bond acceptors (Lipinski definition) is 4. The molecule has 6 nitrogen and oxygen atoms in total. The van der Waals surface area contributed by atoms with Crippen molar-refractivity contribution in [1.82, 2.24) is 5.32 Å². The van der Waals surface area contributed by atoms with Crippen LogP contribution in [-0.2, 0) is 19.5 Å². The number of amides is 1. The van der Waals surface area contributed by atoms with Crippen molar-refractivity contribution in [3.63, 3.8) is 0 Å². The molecule has 146 valence electrons. The Morgan fingerprint density at radius 3 is 2.41 bits per heavy atom. The maximum Gasteiger partial charge on any atom is 0.269 e. The molecule has 1 aliphatic heterocycles. The lowest BCUT2D eigenvalue weighted by Gasteiger charge is -2.32. The van der Waals surface area contributed by atoms with E-state index in [0.29, 0.717) is 12.1 Å². The van der Waals surface area contributed by atoms with Crippen LogP contribution < -0.4 is 10.2 Å². The van der Waals surface area contributed by atoms with E-state index in [-0.39, 0.29) is 11.6 Å². The molecule has 4 rings (SSSR count). The molecule has 1 heterocycles. The topological polar surface area (TPSA) is 75.5 Å². The molecule has 0 saturated heterocycles. The number of hydrogen-bond donors (Lipinski definition) is 1. The lowest BCUT2D eigenvalue weighted by Crippen LogP contribution is -2.33. The first-order valence-electron chi connectivity index (χ1n) is 9.54. The first kappa shape index (κ1) is 18.7. The number of fused-ring (bicyclic) bond motifs is 1. The number of nitro groups is 1. The minimum absolute atomic E-state index is 0.0378. The van der Waals surface area contributed by atoms with Crippen LogP contribution in [0.1, 0.15) is 27.0 Å². The van der Waals surface area contributed by atoms with Crippen LogP contribution in [0.3, 0.4) is 0 Å². The standard InChI is InChI=1S/C23H21N3O3/c27-23(24-15-17-9-11-20(12-10-17)26(28)29)21-7-3-4-8-22(21)25-14-13-18-5-1-2-6-19(18)16-25/h1-12H,13-16H2,(H,24,27). The molecule has 6 heteroatoms. The van der Waals surface area contributed by atoms with E-state index in [4.69, 9.17) is 0 Å². The third kappa shape index (κ3) is 4.11. The highest BCUT2D eigenvalue weighted by Crippen LogP contribution is 2.27. The van der Waals surface area contributed by atoms with Gasteiger partial charge in [-0.25, -0.2) is 0 Å². The number of rotatable bonds is 5. The van der Waals surface area contributed by atoms with Crippen molar-refractivity contribution in [2.45, 2.75) is 19.5 Å². The van der Waals surface area contributed by atoms with Gasteiger partial charge in [0.1, 0.15) is 0 Å². The summed E-state index contributed by atoms with van der Waals surface area (Å²) in [7, 11) is 0. The third-order valence-corrected chi connectivity index (χ3v) is 5.22. The SMILES string of the molecule is O=C(NCc1ccc([N+](=O)[O-])cc1)c1ccccc1N1CCc2ccccc2C1. The number of carbonyl (C=O) groups is 1. The number of para-hydroxylation sites is 1. The Morgan fingerprint density at radius 2 is 1.66 bits per heavy atom. The van der Waals surface area contributed by atoms with Gasteiger partial charge in [-0.3, -0.25) is 14.9 Å². The summed E-state index contributed by atoms with van der Waals surface area (Å²) in [6.45, 7) is 1.96. The number of anilines is 1. The highest BCUT2D eigenvalue weighted by molar-refractivity contribution is 5.99. The van der Waals surface area contributed by atoms with E-state index >= 15 is 0 Å². The van der Waals surface area contributed by atoms with Crippen LogP contribution in [-0.4, -0.2) is 17.4 Å². The van der Waals surface area contributed by atoms with Crippen molar-refractivity contribution < 1.29 is 9.72 Å². The molecular weight excluding hydrogens is 366 g/mol. The molecule has 1 amide bonds. The van der Waals surface area contributed by atoms with Gasteiger partial charge in [-0.2, -0.15) is 0 Å². The second kappa shape index (κ2) is 8.14. The van der Waals surface area contributed by atoms with Crippen molar-refractivity contribution in [3.8, 4) is 0 Å². The Hall–Kier alpha value is -3.67. The highest BCUT2D eigenvalue weighted by Gasteiger charge is 2.20. The van der Waals surface area contributed by atoms with Gasteiger partial charge in [-0.1, -0.05) is 48.5 Å². The summed E-state index contributed by atoms with van der Waals surface area (Å²) in [5, 5.41) is 13.7. The Labute approximate surface area is 168 Å². The summed E-state index contributed by atoms with van der Waals surface area (Å²) < 4.78 is 0. The van der Waals surface area contributed by atoms with E-state index in [0.717, 1.165) is 30.8 Å². The van der Waals surface area contributed by atoms with E-state index in [1.165, 1.54) is 23.3 Å². The average molecular weight is 387 g/mol. The maximum absolute atomic E-state index is 12.9. The molecule has 3 aromatic rings. The zero-order valence-corrected chi connectivity index (χ0v) is 15.9. The van der Waals surface area contributed by atoms with E-state index in [1.54, 1.807) is 12.1 Å². The van der Waals surface area contributed by atoms with E-state index in [9.17, 15) is 14.9 Å². The van der Waals surface area contributed by atoms with Crippen LogP contribution in [0.2, 0.25) is 0 Å². The summed E-state index contributed by atoms with van der Waals surface area (Å²) in [4.78, 5) is 25.4. The van der Waals surface area contributed by atoms with Crippen LogP contribution in [0.4, 0.5) is 11.4 Å². The normalized spacial score (nSPS) is 12.9. The molecule has 1 N–H and O–H groups in total. The van der Waals surface area contributed by atoms with Crippen LogP contribution in [0.25, 0.3) is 0 Å². The molecule has 0 saturated carbocycles. The number of carbonyl (C=O) groups excluding carboxylic acids is 1. The quantitative estimate of drug-likeness (QED) is 0.529. The molecule has 0 atom stereocenters. The average Bonchev–Trinajstić information content (AvgIpc) is 2.77. The molecule has 1 aliphatic rings. The summed E-state index contributed by atoms with van der Waals surface area (Å²) in [5.74, 6) is -0.155. The smallest absolute Gasteiger partial charge is 0.269 e. The van der Waals surface area contributed by atoms with Crippen molar-refractivity contribution in [1.29, 1.82) is 0 Å². The molecule has 0 radical (unpaired) electrons. The lowest BCUT2D eigenvalue weighted by atomic mass is 9.98. The van der Waals surface area contributed by atoms with Gasteiger partial charge in [-0.15, -0.1) is 0 Å². The van der Waals surface area contributed by atoms with Crippen LogP contribution in [0.15, 0.2) is 72.8 Å². The molecule has 0 aliphatic carbocycles. The number of non-ortho nitro benzene ring substituents is 1. The van der Waals surface area contributed by atoms with Gasteiger partial charge in [-0.05, 0) is 35.2 Å². The lowest BCUT2D eigenvalue weighted by molar-refractivity contribution is -0.384. The first-order valence-corrected chi connectivity index (χ1v) is 9.54. The molecule has 0 fully saturated rings. The maximum atomic E-state index is 12.9. The highest BCUT2D eigenvalue weighted by atomic mass is 16.6. The molecular formula is C23H21N3O3. The first-order chi connectivity index (χ1) is 14.1. The predicted octanol–water partition coefficient (Wildman–Crippen LogP) is 4.09. The fraction of sp³-hybridized carbons (Fsp3) is 0.174. The molecule has 0 unspecified atom stereocenters. The van der Waals surface area contributed by atoms with Gasteiger partial charge < -0.3 is 10.2 Å². The van der Waals surface area contributed by atoms with Gasteiger partial charge in [0.2, 0.25) is 0 Å². The summed E-state index contributed by atoms with van der Waals surface area (Å²) in [6.07, 6.45) is 0.953. The van der Waals surface area contributed by atoms with E-state index in [2.05, 4.69) is 28.4 Å². The fourth-order valence-corrected chi connectivity index (χ4v) is 3.66. The Bertz CT molecular complexity index is 1050. The van der Waals surface area contributed by atoms with Gasteiger partial charge in [0.05, 0.1) is 10.5 Å². The minimum atomic E-state index is -0.435. The second-order valence-corrected chi connectivity index (χ2v) is 7.06. The van der Waals surface area contributed by atoms with Crippen LogP contribution in [0.5, 0.6) is 0 Å². The minimum Gasteiger partial charge on any atom is -0.366 e. The number of benzene rings is 3. The van der Waals surface area contributed by atoms with Gasteiger partial charge in [0, 0.05) is 37.5 Å². The summed E-state index contributed by atoms with van der Waals surface area (Å²) >= 11 is 0. The van der Waals surface area contributed by atoms with Crippen molar-refractivity contribution >= 4 is 17.3 Å².